The van der Waals surface area contributed by atoms with Crippen LogP contribution in [0.1, 0.15) is 49.2 Å². The third-order valence-corrected chi connectivity index (χ3v) is 3.10. The van der Waals surface area contributed by atoms with Gasteiger partial charge in [-0.15, -0.1) is 0 Å². The van der Waals surface area contributed by atoms with Crippen LogP contribution in [0.15, 0.2) is 18.2 Å². The van der Waals surface area contributed by atoms with Crippen molar-refractivity contribution in [2.24, 2.45) is 0 Å². The molecule has 0 fully saturated rings. The first-order chi connectivity index (χ1) is 7.84. The molecule has 1 rings (SSSR count). The van der Waals surface area contributed by atoms with Gasteiger partial charge in [0.25, 0.3) is 5.91 Å². The van der Waals surface area contributed by atoms with Gasteiger partial charge in [0.15, 0.2) is 0 Å². The van der Waals surface area contributed by atoms with Crippen molar-refractivity contribution in [3.63, 3.8) is 0 Å². The molecule has 0 aliphatic carbocycles. The van der Waals surface area contributed by atoms with Gasteiger partial charge in [0.05, 0.1) is 0 Å². The van der Waals surface area contributed by atoms with Crippen molar-refractivity contribution in [1.29, 1.82) is 0 Å². The number of rotatable bonds is 3. The van der Waals surface area contributed by atoms with Crippen LogP contribution in [-0.2, 0) is 0 Å². The number of nitrogens with zero attached hydrogens (tertiary/aromatic N) is 1. The quantitative estimate of drug-likeness (QED) is 0.781. The van der Waals surface area contributed by atoms with Gasteiger partial charge in [-0.05, 0) is 64.8 Å². The van der Waals surface area contributed by atoms with Gasteiger partial charge in [-0.3, -0.25) is 4.79 Å². The highest BCUT2D eigenvalue weighted by molar-refractivity contribution is 5.94. The normalized spacial score (nSPS) is 11.1. The molecule has 0 spiro atoms. The fourth-order valence-electron chi connectivity index (χ4n) is 2.09. The van der Waals surface area contributed by atoms with E-state index in [0.29, 0.717) is 0 Å². The first-order valence-corrected chi connectivity index (χ1v) is 6.24. The highest BCUT2D eigenvalue weighted by atomic mass is 16.2. The molecule has 1 aromatic rings. The third kappa shape index (κ3) is 3.09. The Bertz CT molecular complexity index is 399. The van der Waals surface area contributed by atoms with Crippen molar-refractivity contribution in [3.8, 4) is 0 Å². The molecule has 1 amide bonds. The Kier molecular flexibility index (Phi) is 4.33. The second kappa shape index (κ2) is 5.35. The molecule has 0 aliphatic rings. The summed E-state index contributed by atoms with van der Waals surface area (Å²) in [6, 6.07) is 6.37. The molecule has 0 N–H and O–H groups in total. The van der Waals surface area contributed by atoms with Crippen molar-refractivity contribution < 1.29 is 4.79 Å². The van der Waals surface area contributed by atoms with E-state index in [1.54, 1.807) is 0 Å². The molecule has 2 heteroatoms. The van der Waals surface area contributed by atoms with Gasteiger partial charge in [-0.1, -0.05) is 6.07 Å². The molecular formula is C15H23NO. The Hall–Kier alpha value is -1.31. The van der Waals surface area contributed by atoms with Crippen LogP contribution in [0.2, 0.25) is 0 Å². The number of carbonyl (C=O) groups is 1. The van der Waals surface area contributed by atoms with Gasteiger partial charge >= 0.3 is 0 Å². The summed E-state index contributed by atoms with van der Waals surface area (Å²) in [5.41, 5.74) is 3.18. The third-order valence-electron chi connectivity index (χ3n) is 3.10. The predicted octanol–water partition coefficient (Wildman–Crippen LogP) is 3.56. The fraction of sp³-hybridized carbons (Fsp3) is 0.533. The minimum absolute atomic E-state index is 0.123. The van der Waals surface area contributed by atoms with E-state index in [-0.39, 0.29) is 18.0 Å². The highest BCUT2D eigenvalue weighted by Crippen LogP contribution is 2.15. The number of amides is 1. The molecule has 0 aromatic heterocycles. The Labute approximate surface area is 105 Å². The van der Waals surface area contributed by atoms with Crippen molar-refractivity contribution in [3.05, 3.63) is 34.9 Å². The average Bonchev–Trinajstić information content (AvgIpc) is 2.20. The van der Waals surface area contributed by atoms with Crippen LogP contribution in [0.3, 0.4) is 0 Å². The summed E-state index contributed by atoms with van der Waals surface area (Å²) in [5.74, 6) is 0.123. The lowest BCUT2D eigenvalue weighted by Crippen LogP contribution is -2.42. The number of aryl methyl sites for hydroxylation is 2. The molecular weight excluding hydrogens is 210 g/mol. The Morgan fingerprint density at radius 3 is 1.94 bits per heavy atom. The van der Waals surface area contributed by atoms with Crippen molar-refractivity contribution in [2.75, 3.05) is 0 Å². The van der Waals surface area contributed by atoms with Crippen LogP contribution < -0.4 is 0 Å². The zero-order chi connectivity index (χ0) is 13.2. The van der Waals surface area contributed by atoms with Gasteiger partial charge in [-0.2, -0.15) is 0 Å². The lowest BCUT2D eigenvalue weighted by Gasteiger charge is -2.31. The standard InChI is InChI=1S/C15H23NO/c1-10(2)16(11(3)4)15(17)14-8-7-12(5)13(6)9-14/h7-11H,1-6H3. The molecule has 0 saturated carbocycles. The van der Waals surface area contributed by atoms with Crippen LogP contribution in [0.4, 0.5) is 0 Å². The molecule has 0 aliphatic heterocycles. The van der Waals surface area contributed by atoms with E-state index >= 15 is 0 Å². The predicted molar refractivity (Wildman–Crippen MR) is 72.4 cm³/mol. The van der Waals surface area contributed by atoms with E-state index in [1.807, 2.05) is 30.0 Å². The number of hydrogen-bond acceptors (Lipinski definition) is 1. The molecule has 0 unspecified atom stereocenters. The summed E-state index contributed by atoms with van der Waals surface area (Å²) in [4.78, 5) is 14.3. The minimum atomic E-state index is 0.123. The summed E-state index contributed by atoms with van der Waals surface area (Å²) < 4.78 is 0. The highest BCUT2D eigenvalue weighted by Gasteiger charge is 2.21. The Balaban J connectivity index is 3.06. The van der Waals surface area contributed by atoms with Crippen LogP contribution in [-0.4, -0.2) is 22.9 Å². The molecule has 0 saturated heterocycles. The molecule has 2 nitrogen and oxygen atoms in total. The summed E-state index contributed by atoms with van der Waals surface area (Å²) in [6.07, 6.45) is 0. The van der Waals surface area contributed by atoms with Crippen LogP contribution in [0.5, 0.6) is 0 Å². The molecule has 94 valence electrons. The molecule has 1 aromatic carbocycles. The summed E-state index contributed by atoms with van der Waals surface area (Å²) in [7, 11) is 0. The van der Waals surface area contributed by atoms with Crippen LogP contribution >= 0.6 is 0 Å². The summed E-state index contributed by atoms with van der Waals surface area (Å²) >= 11 is 0. The van der Waals surface area contributed by atoms with Gasteiger partial charge in [-0.25, -0.2) is 0 Å². The van der Waals surface area contributed by atoms with Gasteiger partial charge in [0, 0.05) is 17.6 Å². The van der Waals surface area contributed by atoms with Gasteiger partial charge in [0.2, 0.25) is 0 Å². The molecule has 0 heterocycles. The summed E-state index contributed by atoms with van der Waals surface area (Å²) in [5, 5.41) is 0. The smallest absolute Gasteiger partial charge is 0.254 e. The zero-order valence-electron chi connectivity index (χ0n) is 11.7. The second-order valence-electron chi connectivity index (χ2n) is 5.20. The number of hydrogen-bond donors (Lipinski definition) is 0. The Morgan fingerprint density at radius 1 is 1.00 bits per heavy atom. The van der Waals surface area contributed by atoms with E-state index in [2.05, 4.69) is 34.6 Å². The molecule has 0 bridgehead atoms. The molecule has 17 heavy (non-hydrogen) atoms. The lowest BCUT2D eigenvalue weighted by atomic mass is 10.0. The average molecular weight is 233 g/mol. The fourth-order valence-corrected chi connectivity index (χ4v) is 2.09. The zero-order valence-corrected chi connectivity index (χ0v) is 11.7. The van der Waals surface area contributed by atoms with Crippen molar-refractivity contribution in [1.82, 2.24) is 4.90 Å². The first kappa shape index (κ1) is 13.8. The first-order valence-electron chi connectivity index (χ1n) is 6.24. The van der Waals surface area contributed by atoms with Crippen molar-refractivity contribution >= 4 is 5.91 Å². The van der Waals surface area contributed by atoms with E-state index in [1.165, 1.54) is 11.1 Å². The van der Waals surface area contributed by atoms with E-state index in [4.69, 9.17) is 0 Å². The van der Waals surface area contributed by atoms with Gasteiger partial charge in [0.1, 0.15) is 0 Å². The minimum Gasteiger partial charge on any atom is -0.334 e. The van der Waals surface area contributed by atoms with E-state index in [0.717, 1.165) is 5.56 Å². The maximum Gasteiger partial charge on any atom is 0.254 e. The monoisotopic (exact) mass is 233 g/mol. The maximum absolute atomic E-state index is 12.4. The number of benzene rings is 1. The second-order valence-corrected chi connectivity index (χ2v) is 5.20. The van der Waals surface area contributed by atoms with E-state index in [9.17, 15) is 4.79 Å². The van der Waals surface area contributed by atoms with Crippen LogP contribution in [0, 0.1) is 13.8 Å². The number of carbonyl (C=O) groups excluding carboxylic acids is 1. The maximum atomic E-state index is 12.4. The van der Waals surface area contributed by atoms with Crippen molar-refractivity contribution in [2.45, 2.75) is 53.6 Å². The Morgan fingerprint density at radius 2 is 1.53 bits per heavy atom. The summed E-state index contributed by atoms with van der Waals surface area (Å²) in [6.45, 7) is 12.3. The lowest BCUT2D eigenvalue weighted by molar-refractivity contribution is 0.0643. The van der Waals surface area contributed by atoms with E-state index < -0.39 is 0 Å². The topological polar surface area (TPSA) is 20.3 Å². The SMILES string of the molecule is Cc1ccc(C(=O)N(C(C)C)C(C)C)cc1C. The molecule has 0 radical (unpaired) electrons. The molecule has 0 atom stereocenters. The van der Waals surface area contributed by atoms with Crippen LogP contribution in [0.25, 0.3) is 0 Å². The van der Waals surface area contributed by atoms with Gasteiger partial charge < -0.3 is 4.90 Å². The largest absolute Gasteiger partial charge is 0.334 e.